The van der Waals surface area contributed by atoms with Crippen LogP contribution in [0.3, 0.4) is 0 Å². The van der Waals surface area contributed by atoms with E-state index in [0.717, 1.165) is 42.9 Å². The Balaban J connectivity index is 1.47. The largest absolute Gasteiger partial charge is 0.490 e. The van der Waals surface area contributed by atoms with Crippen molar-refractivity contribution in [3.63, 3.8) is 0 Å². The minimum Gasteiger partial charge on any atom is -0.490 e. The summed E-state index contributed by atoms with van der Waals surface area (Å²) in [5.74, 6) is 1.54. The Morgan fingerprint density at radius 1 is 1.11 bits per heavy atom. The van der Waals surface area contributed by atoms with Crippen LogP contribution in [0, 0.1) is 6.92 Å². The molecule has 1 fully saturated rings. The lowest BCUT2D eigenvalue weighted by Gasteiger charge is -2.28. The van der Waals surface area contributed by atoms with Crippen LogP contribution < -0.4 is 14.8 Å². The van der Waals surface area contributed by atoms with Crippen molar-refractivity contribution in [2.45, 2.75) is 45.2 Å². The van der Waals surface area contributed by atoms with Crippen molar-refractivity contribution in [2.24, 2.45) is 0 Å². The molecule has 2 atom stereocenters. The summed E-state index contributed by atoms with van der Waals surface area (Å²) in [6.45, 7) is 6.25. The molecule has 2 aromatic carbocycles. The molecule has 1 saturated heterocycles. The van der Waals surface area contributed by atoms with E-state index in [1.165, 1.54) is 11.1 Å². The minimum absolute atomic E-state index is 0.00892. The predicted molar refractivity (Wildman–Crippen MR) is 109 cm³/mol. The third kappa shape index (κ3) is 3.79. The summed E-state index contributed by atoms with van der Waals surface area (Å²) in [7, 11) is 0. The third-order valence-electron chi connectivity index (χ3n) is 5.67. The number of nitrogens with zero attached hydrogens (tertiary/aromatic N) is 1. The van der Waals surface area contributed by atoms with Crippen molar-refractivity contribution in [3.05, 3.63) is 59.2 Å². The number of benzene rings is 2. The highest BCUT2D eigenvalue weighted by Crippen LogP contribution is 2.35. The molecule has 5 nitrogen and oxygen atoms in total. The van der Waals surface area contributed by atoms with E-state index in [2.05, 4.69) is 30.4 Å². The summed E-state index contributed by atoms with van der Waals surface area (Å²) in [6, 6.07) is 14.3. The number of hydrogen-bond acceptors (Lipinski definition) is 3. The van der Waals surface area contributed by atoms with Crippen LogP contribution in [0.2, 0.25) is 0 Å². The molecule has 2 amide bonds. The maximum atomic E-state index is 13.0. The second-order valence-corrected chi connectivity index (χ2v) is 7.64. The Morgan fingerprint density at radius 2 is 1.89 bits per heavy atom. The average Bonchev–Trinajstić information content (AvgIpc) is 3.06. The van der Waals surface area contributed by atoms with Gasteiger partial charge in [-0.2, -0.15) is 0 Å². The summed E-state index contributed by atoms with van der Waals surface area (Å²) >= 11 is 0. The number of rotatable bonds is 3. The molecular weight excluding hydrogens is 352 g/mol. The fraction of sp³-hybridized carbons (Fsp3) is 0.435. The minimum atomic E-state index is -0.109. The Hall–Kier alpha value is -2.69. The quantitative estimate of drug-likeness (QED) is 0.835. The number of ether oxygens (including phenoxy) is 2. The fourth-order valence-electron chi connectivity index (χ4n) is 4.09. The molecule has 28 heavy (non-hydrogen) atoms. The molecule has 148 valence electrons. The molecule has 5 heteroatoms. The molecule has 0 aromatic heterocycles. The number of aryl methyl sites for hydroxylation is 1. The van der Waals surface area contributed by atoms with Crippen LogP contribution in [0.4, 0.5) is 4.79 Å². The lowest BCUT2D eigenvalue weighted by Crippen LogP contribution is -2.40. The van der Waals surface area contributed by atoms with Gasteiger partial charge in [0.05, 0.1) is 25.3 Å². The number of fused-ring (bicyclic) bond motifs is 1. The predicted octanol–water partition coefficient (Wildman–Crippen LogP) is 4.76. The molecule has 2 aromatic rings. The molecule has 0 aliphatic carbocycles. The van der Waals surface area contributed by atoms with E-state index in [4.69, 9.17) is 9.47 Å². The van der Waals surface area contributed by atoms with Gasteiger partial charge in [-0.15, -0.1) is 0 Å². The van der Waals surface area contributed by atoms with Crippen LogP contribution in [0.5, 0.6) is 11.5 Å². The van der Waals surface area contributed by atoms with Crippen LogP contribution in [-0.2, 0) is 0 Å². The average molecular weight is 380 g/mol. The lowest BCUT2D eigenvalue weighted by atomic mass is 9.99. The Bertz CT molecular complexity index is 851. The summed E-state index contributed by atoms with van der Waals surface area (Å²) in [6.07, 6.45) is 2.92. The summed E-state index contributed by atoms with van der Waals surface area (Å²) in [5, 5.41) is 3.17. The van der Waals surface area contributed by atoms with Crippen LogP contribution in [0.15, 0.2) is 42.5 Å². The smallest absolute Gasteiger partial charge is 0.318 e. The van der Waals surface area contributed by atoms with E-state index in [1.807, 2.05) is 36.1 Å². The Kier molecular flexibility index (Phi) is 5.42. The van der Waals surface area contributed by atoms with Gasteiger partial charge in [0, 0.05) is 13.0 Å². The normalized spacial score (nSPS) is 19.8. The summed E-state index contributed by atoms with van der Waals surface area (Å²) in [4.78, 5) is 15.0. The van der Waals surface area contributed by atoms with Gasteiger partial charge < -0.3 is 19.7 Å². The first-order chi connectivity index (χ1) is 13.6. The lowest BCUT2D eigenvalue weighted by molar-refractivity contribution is 0.189. The zero-order valence-corrected chi connectivity index (χ0v) is 16.6. The van der Waals surface area contributed by atoms with E-state index in [9.17, 15) is 4.79 Å². The summed E-state index contributed by atoms with van der Waals surface area (Å²) in [5.41, 5.74) is 3.51. The molecule has 2 aliphatic rings. The van der Waals surface area contributed by atoms with E-state index in [1.54, 1.807) is 0 Å². The molecule has 0 radical (unpaired) electrons. The standard InChI is InChI=1S/C23H28N2O3/c1-16-7-3-4-8-19(16)20-9-5-12-25(20)23(26)24-17(2)18-10-11-21-22(15-18)28-14-6-13-27-21/h3-4,7-8,10-11,15,17,20H,5-6,9,12-14H2,1-2H3,(H,24,26). The number of nitrogens with one attached hydrogen (secondary N) is 1. The first-order valence-corrected chi connectivity index (χ1v) is 10.2. The highest BCUT2D eigenvalue weighted by atomic mass is 16.5. The molecule has 2 aliphatic heterocycles. The number of carbonyl (C=O) groups excluding carboxylic acids is 1. The molecule has 0 bridgehead atoms. The fourth-order valence-corrected chi connectivity index (χ4v) is 4.09. The topological polar surface area (TPSA) is 50.8 Å². The highest BCUT2D eigenvalue weighted by molar-refractivity contribution is 5.75. The van der Waals surface area contributed by atoms with Crippen molar-refractivity contribution >= 4 is 6.03 Å². The van der Waals surface area contributed by atoms with Crippen molar-refractivity contribution in [1.29, 1.82) is 0 Å². The van der Waals surface area contributed by atoms with Gasteiger partial charge in [0.15, 0.2) is 11.5 Å². The monoisotopic (exact) mass is 380 g/mol. The SMILES string of the molecule is Cc1ccccc1C1CCCN1C(=O)NC(C)c1ccc2c(c1)OCCCO2. The van der Waals surface area contributed by atoms with Gasteiger partial charge in [0.1, 0.15) is 0 Å². The van der Waals surface area contributed by atoms with E-state index >= 15 is 0 Å². The number of likely N-dealkylation sites (tertiary alicyclic amines) is 1. The molecular formula is C23H28N2O3. The van der Waals surface area contributed by atoms with E-state index in [0.29, 0.717) is 13.2 Å². The van der Waals surface area contributed by atoms with Gasteiger partial charge in [-0.05, 0) is 55.5 Å². The highest BCUT2D eigenvalue weighted by Gasteiger charge is 2.31. The number of carbonyl (C=O) groups is 1. The third-order valence-corrected chi connectivity index (χ3v) is 5.67. The zero-order chi connectivity index (χ0) is 19.5. The van der Waals surface area contributed by atoms with Crippen LogP contribution >= 0.6 is 0 Å². The maximum absolute atomic E-state index is 13.0. The Morgan fingerprint density at radius 3 is 2.71 bits per heavy atom. The van der Waals surface area contributed by atoms with Gasteiger partial charge in [-0.1, -0.05) is 30.3 Å². The van der Waals surface area contributed by atoms with Crippen molar-refractivity contribution in [2.75, 3.05) is 19.8 Å². The van der Waals surface area contributed by atoms with Crippen molar-refractivity contribution < 1.29 is 14.3 Å². The first-order valence-electron chi connectivity index (χ1n) is 10.2. The van der Waals surface area contributed by atoms with Gasteiger partial charge in [0.25, 0.3) is 0 Å². The molecule has 4 rings (SSSR count). The summed E-state index contributed by atoms with van der Waals surface area (Å²) < 4.78 is 11.5. The molecule has 0 spiro atoms. The molecule has 2 heterocycles. The second kappa shape index (κ2) is 8.13. The number of hydrogen-bond donors (Lipinski definition) is 1. The second-order valence-electron chi connectivity index (χ2n) is 7.64. The number of amides is 2. The van der Waals surface area contributed by atoms with Gasteiger partial charge in [-0.25, -0.2) is 4.79 Å². The van der Waals surface area contributed by atoms with Crippen LogP contribution in [-0.4, -0.2) is 30.7 Å². The van der Waals surface area contributed by atoms with E-state index in [-0.39, 0.29) is 18.1 Å². The van der Waals surface area contributed by atoms with Gasteiger partial charge >= 0.3 is 6.03 Å². The maximum Gasteiger partial charge on any atom is 0.318 e. The molecule has 2 unspecified atom stereocenters. The first kappa shape index (κ1) is 18.7. The van der Waals surface area contributed by atoms with Crippen molar-refractivity contribution in [1.82, 2.24) is 10.2 Å². The number of urea groups is 1. The van der Waals surface area contributed by atoms with Crippen molar-refractivity contribution in [3.8, 4) is 11.5 Å². The van der Waals surface area contributed by atoms with E-state index < -0.39 is 0 Å². The van der Waals surface area contributed by atoms with Gasteiger partial charge in [0.2, 0.25) is 0 Å². The molecule has 0 saturated carbocycles. The zero-order valence-electron chi connectivity index (χ0n) is 16.6. The van der Waals surface area contributed by atoms with Gasteiger partial charge in [-0.3, -0.25) is 0 Å². The Labute approximate surface area is 166 Å². The van der Waals surface area contributed by atoms with Crippen LogP contribution in [0.25, 0.3) is 0 Å². The molecule has 1 N–H and O–H groups in total. The van der Waals surface area contributed by atoms with Crippen LogP contribution in [0.1, 0.15) is 55.0 Å².